The lowest BCUT2D eigenvalue weighted by atomic mass is 10.1. The second-order valence-corrected chi connectivity index (χ2v) is 6.13. The van der Waals surface area contributed by atoms with Crippen LogP contribution in [0.1, 0.15) is 24.5 Å². The van der Waals surface area contributed by atoms with Crippen molar-refractivity contribution < 1.29 is 14.3 Å². The van der Waals surface area contributed by atoms with Gasteiger partial charge in [0.15, 0.2) is 0 Å². The van der Waals surface area contributed by atoms with Crippen molar-refractivity contribution in [3.8, 4) is 11.8 Å². The number of nitriles is 1. The lowest BCUT2D eigenvalue weighted by molar-refractivity contribution is -0.121. The number of carbonyl (C=O) groups excluding carboxylic acids is 1. The summed E-state index contributed by atoms with van der Waals surface area (Å²) in [6.45, 7) is 3.43. The zero-order valence-electron chi connectivity index (χ0n) is 15.7. The Morgan fingerprint density at radius 1 is 1.22 bits per heavy atom. The first-order valence-electron chi connectivity index (χ1n) is 8.87. The average Bonchev–Trinajstić information content (AvgIpc) is 2.70. The number of benzene rings is 2. The Morgan fingerprint density at radius 3 is 2.70 bits per heavy atom. The summed E-state index contributed by atoms with van der Waals surface area (Å²) in [5.74, 6) is 0.670. The molecule has 6 heteroatoms. The van der Waals surface area contributed by atoms with Crippen LogP contribution < -0.4 is 15.4 Å². The molecule has 0 bridgehead atoms. The molecule has 1 amide bonds. The molecule has 142 valence electrons. The molecule has 0 saturated carbocycles. The summed E-state index contributed by atoms with van der Waals surface area (Å²) in [4.78, 5) is 12.0. The molecule has 0 radical (unpaired) electrons. The third-order valence-electron chi connectivity index (χ3n) is 3.92. The third kappa shape index (κ3) is 7.00. The monoisotopic (exact) mass is 367 g/mol. The molecule has 2 rings (SSSR count). The number of anilines is 1. The summed E-state index contributed by atoms with van der Waals surface area (Å²) >= 11 is 0. The van der Waals surface area contributed by atoms with E-state index in [-0.39, 0.29) is 11.9 Å². The normalized spacial score (nSPS) is 11.3. The molecule has 2 N–H and O–H groups in total. The molecule has 1 unspecified atom stereocenters. The Balaban J connectivity index is 1.80. The molecule has 2 aromatic rings. The van der Waals surface area contributed by atoms with Crippen LogP contribution in [0.25, 0.3) is 0 Å². The number of hydrogen-bond donors (Lipinski definition) is 2. The summed E-state index contributed by atoms with van der Waals surface area (Å²) in [6.07, 6.45) is 0.790. The quantitative estimate of drug-likeness (QED) is 0.631. The van der Waals surface area contributed by atoms with E-state index >= 15 is 0 Å². The van der Waals surface area contributed by atoms with E-state index < -0.39 is 0 Å². The minimum atomic E-state index is -0.340. The summed E-state index contributed by atoms with van der Waals surface area (Å²) in [5, 5.41) is 15.0. The van der Waals surface area contributed by atoms with E-state index in [0.29, 0.717) is 25.3 Å². The SMILES string of the molecule is COCCCNC(=O)C(C)Nc1ccc(OCc2cccc(C#N)c2)cc1. The molecule has 6 nitrogen and oxygen atoms in total. The number of methoxy groups -OCH3 is 1. The first kappa shape index (κ1) is 20.3. The highest BCUT2D eigenvalue weighted by Crippen LogP contribution is 2.18. The molecule has 27 heavy (non-hydrogen) atoms. The fourth-order valence-electron chi connectivity index (χ4n) is 2.44. The van der Waals surface area contributed by atoms with Crippen molar-refractivity contribution in [1.82, 2.24) is 5.32 Å². The van der Waals surface area contributed by atoms with Crippen LogP contribution in [-0.4, -0.2) is 32.2 Å². The number of rotatable bonds is 10. The first-order chi connectivity index (χ1) is 13.1. The Morgan fingerprint density at radius 2 is 2.00 bits per heavy atom. The standard InChI is InChI=1S/C21H25N3O3/c1-16(21(25)23-11-4-12-26-2)24-19-7-9-20(10-8-19)27-15-18-6-3-5-17(13-18)14-22/h3,5-10,13,16,24H,4,11-12,15H2,1-2H3,(H,23,25). The zero-order chi connectivity index (χ0) is 19.5. The molecule has 1 atom stereocenters. The van der Waals surface area contributed by atoms with Crippen LogP contribution in [0.15, 0.2) is 48.5 Å². The van der Waals surface area contributed by atoms with Crippen molar-refractivity contribution in [3.63, 3.8) is 0 Å². The van der Waals surface area contributed by atoms with Gasteiger partial charge in [-0.2, -0.15) is 5.26 Å². The van der Waals surface area contributed by atoms with E-state index in [1.165, 1.54) is 0 Å². The summed E-state index contributed by atoms with van der Waals surface area (Å²) < 4.78 is 10.7. The van der Waals surface area contributed by atoms with Gasteiger partial charge in [0.1, 0.15) is 18.4 Å². The molecule has 2 aromatic carbocycles. The van der Waals surface area contributed by atoms with Gasteiger partial charge < -0.3 is 20.1 Å². The van der Waals surface area contributed by atoms with E-state index in [1.807, 2.05) is 49.4 Å². The van der Waals surface area contributed by atoms with Gasteiger partial charge in [-0.05, 0) is 55.3 Å². The Hall–Kier alpha value is -3.04. The van der Waals surface area contributed by atoms with Gasteiger partial charge in [0.05, 0.1) is 11.6 Å². The van der Waals surface area contributed by atoms with E-state index in [1.54, 1.807) is 13.2 Å². The van der Waals surface area contributed by atoms with Crippen LogP contribution >= 0.6 is 0 Å². The van der Waals surface area contributed by atoms with Crippen molar-refractivity contribution >= 4 is 11.6 Å². The minimum absolute atomic E-state index is 0.0520. The van der Waals surface area contributed by atoms with Gasteiger partial charge in [0.25, 0.3) is 0 Å². The largest absolute Gasteiger partial charge is 0.489 e. The van der Waals surface area contributed by atoms with Gasteiger partial charge in [0.2, 0.25) is 5.91 Å². The topological polar surface area (TPSA) is 83.4 Å². The average molecular weight is 367 g/mol. The molecule has 0 aliphatic heterocycles. The lowest BCUT2D eigenvalue weighted by Gasteiger charge is -2.15. The van der Waals surface area contributed by atoms with E-state index in [9.17, 15) is 4.79 Å². The van der Waals surface area contributed by atoms with Crippen LogP contribution in [0.2, 0.25) is 0 Å². The van der Waals surface area contributed by atoms with Gasteiger partial charge in [0, 0.05) is 25.9 Å². The van der Waals surface area contributed by atoms with Crippen LogP contribution in [0.5, 0.6) is 5.75 Å². The van der Waals surface area contributed by atoms with Crippen LogP contribution in [-0.2, 0) is 16.1 Å². The highest BCUT2D eigenvalue weighted by molar-refractivity contribution is 5.84. The number of carbonyl (C=O) groups is 1. The number of ether oxygens (including phenoxy) is 2. The van der Waals surface area contributed by atoms with E-state index in [2.05, 4.69) is 16.7 Å². The fraction of sp³-hybridized carbons (Fsp3) is 0.333. The zero-order valence-corrected chi connectivity index (χ0v) is 15.7. The maximum atomic E-state index is 12.0. The number of hydrogen-bond acceptors (Lipinski definition) is 5. The molecular weight excluding hydrogens is 342 g/mol. The van der Waals surface area contributed by atoms with Crippen molar-refractivity contribution in [2.75, 3.05) is 25.6 Å². The van der Waals surface area contributed by atoms with Crippen molar-refractivity contribution in [3.05, 3.63) is 59.7 Å². The van der Waals surface area contributed by atoms with Crippen molar-refractivity contribution in [2.45, 2.75) is 26.0 Å². The summed E-state index contributed by atoms with van der Waals surface area (Å²) in [6, 6.07) is 16.5. The molecule has 0 heterocycles. The van der Waals surface area contributed by atoms with Crippen LogP contribution in [0, 0.1) is 11.3 Å². The predicted octanol–water partition coefficient (Wildman–Crippen LogP) is 3.09. The second kappa shape index (κ2) is 10.8. The Labute approximate surface area is 160 Å². The molecule has 0 saturated heterocycles. The summed E-state index contributed by atoms with van der Waals surface area (Å²) in [5.41, 5.74) is 2.40. The molecule has 0 spiro atoms. The highest BCUT2D eigenvalue weighted by Gasteiger charge is 2.11. The van der Waals surface area contributed by atoms with Gasteiger partial charge in [-0.25, -0.2) is 0 Å². The third-order valence-corrected chi connectivity index (χ3v) is 3.92. The predicted molar refractivity (Wildman–Crippen MR) is 105 cm³/mol. The second-order valence-electron chi connectivity index (χ2n) is 6.13. The molecule has 0 aromatic heterocycles. The van der Waals surface area contributed by atoms with Crippen LogP contribution in [0.4, 0.5) is 5.69 Å². The minimum Gasteiger partial charge on any atom is -0.489 e. The highest BCUT2D eigenvalue weighted by atomic mass is 16.5. The summed E-state index contributed by atoms with van der Waals surface area (Å²) in [7, 11) is 1.64. The number of nitrogens with zero attached hydrogens (tertiary/aromatic N) is 1. The van der Waals surface area contributed by atoms with Crippen molar-refractivity contribution in [1.29, 1.82) is 5.26 Å². The van der Waals surface area contributed by atoms with Gasteiger partial charge >= 0.3 is 0 Å². The molecular formula is C21H25N3O3. The van der Waals surface area contributed by atoms with E-state index in [0.717, 1.165) is 23.4 Å². The number of amides is 1. The number of nitrogens with one attached hydrogen (secondary N) is 2. The smallest absolute Gasteiger partial charge is 0.242 e. The maximum Gasteiger partial charge on any atom is 0.242 e. The lowest BCUT2D eigenvalue weighted by Crippen LogP contribution is -2.38. The fourth-order valence-corrected chi connectivity index (χ4v) is 2.44. The molecule has 0 aliphatic rings. The molecule has 0 aliphatic carbocycles. The van der Waals surface area contributed by atoms with Gasteiger partial charge in [-0.3, -0.25) is 4.79 Å². The van der Waals surface area contributed by atoms with E-state index in [4.69, 9.17) is 14.7 Å². The Bertz CT molecular complexity index is 769. The van der Waals surface area contributed by atoms with Gasteiger partial charge in [-0.15, -0.1) is 0 Å². The van der Waals surface area contributed by atoms with Gasteiger partial charge in [-0.1, -0.05) is 12.1 Å². The Kier molecular flexibility index (Phi) is 8.14. The van der Waals surface area contributed by atoms with Crippen LogP contribution in [0.3, 0.4) is 0 Å². The maximum absolute atomic E-state index is 12.0. The molecule has 0 fully saturated rings. The van der Waals surface area contributed by atoms with Crippen molar-refractivity contribution in [2.24, 2.45) is 0 Å². The first-order valence-corrected chi connectivity index (χ1v) is 8.87.